The van der Waals surface area contributed by atoms with Crippen LogP contribution in [0.5, 0.6) is 11.5 Å². The van der Waals surface area contributed by atoms with Crippen LogP contribution in [-0.4, -0.2) is 55.3 Å². The van der Waals surface area contributed by atoms with Gasteiger partial charge >= 0.3 is 0 Å². The van der Waals surface area contributed by atoms with E-state index in [4.69, 9.17) is 21.7 Å². The highest BCUT2D eigenvalue weighted by Crippen LogP contribution is 2.17. The third-order valence-corrected chi connectivity index (χ3v) is 5.73. The molecule has 0 bridgehead atoms. The van der Waals surface area contributed by atoms with Gasteiger partial charge in [0.15, 0.2) is 5.11 Å². The summed E-state index contributed by atoms with van der Waals surface area (Å²) in [5, 5.41) is 3.31. The van der Waals surface area contributed by atoms with Crippen molar-refractivity contribution in [2.24, 2.45) is 0 Å². The fraction of sp³-hybridized carbons (Fsp3) is 0.231. The van der Waals surface area contributed by atoms with Gasteiger partial charge in [0.1, 0.15) is 24.7 Å². The standard InChI is InChI=1S/C26H27N3O3S/c30-25(27-26(33)29-16-14-28(15-17-29)22-9-3-1-4-10-22)21-8-7-13-24(20-21)32-19-18-31-23-11-5-2-6-12-23/h1-13,20H,14-19H2,(H,27,30,33). The Bertz CT molecular complexity index is 1050. The molecule has 0 saturated carbocycles. The Hall–Kier alpha value is -3.58. The zero-order valence-corrected chi connectivity index (χ0v) is 19.2. The number of anilines is 1. The van der Waals surface area contributed by atoms with Gasteiger partial charge in [-0.25, -0.2) is 0 Å². The summed E-state index contributed by atoms with van der Waals surface area (Å²) in [6, 6.07) is 27.0. The molecule has 3 aromatic rings. The Labute approximate surface area is 199 Å². The number of nitrogens with zero attached hydrogens (tertiary/aromatic N) is 2. The maximum Gasteiger partial charge on any atom is 0.257 e. The third kappa shape index (κ3) is 6.46. The lowest BCUT2D eigenvalue weighted by Gasteiger charge is -2.37. The molecule has 3 aromatic carbocycles. The zero-order chi connectivity index (χ0) is 22.9. The molecule has 0 aliphatic carbocycles. The molecule has 170 valence electrons. The lowest BCUT2D eigenvalue weighted by Crippen LogP contribution is -2.52. The number of ether oxygens (including phenoxy) is 2. The molecule has 1 saturated heterocycles. The van der Waals surface area contributed by atoms with E-state index in [9.17, 15) is 4.79 Å². The van der Waals surface area contributed by atoms with Crippen molar-refractivity contribution in [3.8, 4) is 11.5 Å². The minimum Gasteiger partial charge on any atom is -0.490 e. The molecule has 1 fully saturated rings. The van der Waals surface area contributed by atoms with Gasteiger partial charge in [0.05, 0.1) is 0 Å². The molecule has 0 unspecified atom stereocenters. The van der Waals surface area contributed by atoms with Crippen molar-refractivity contribution in [1.82, 2.24) is 10.2 Å². The molecule has 1 aliphatic heterocycles. The molecule has 4 rings (SSSR count). The summed E-state index contributed by atoms with van der Waals surface area (Å²) >= 11 is 5.50. The first-order chi connectivity index (χ1) is 16.2. The minimum atomic E-state index is -0.239. The van der Waals surface area contributed by atoms with Crippen LogP contribution in [0.4, 0.5) is 5.69 Å². The fourth-order valence-corrected chi connectivity index (χ4v) is 3.89. The monoisotopic (exact) mass is 461 g/mol. The number of amides is 1. The molecular formula is C26H27N3O3S. The summed E-state index contributed by atoms with van der Waals surface area (Å²) in [7, 11) is 0. The van der Waals surface area contributed by atoms with Gasteiger partial charge in [0, 0.05) is 37.4 Å². The molecule has 0 aromatic heterocycles. The number of benzene rings is 3. The maximum absolute atomic E-state index is 12.7. The number of piperazine rings is 1. The summed E-state index contributed by atoms with van der Waals surface area (Å²) < 4.78 is 11.4. The van der Waals surface area contributed by atoms with Crippen molar-refractivity contribution in [3.05, 3.63) is 90.5 Å². The van der Waals surface area contributed by atoms with Gasteiger partial charge in [-0.05, 0) is 54.7 Å². The molecule has 0 radical (unpaired) electrons. The largest absolute Gasteiger partial charge is 0.490 e. The Morgan fingerprint density at radius 1 is 0.788 bits per heavy atom. The number of nitrogens with one attached hydrogen (secondary N) is 1. The van der Waals surface area contributed by atoms with E-state index >= 15 is 0 Å². The Morgan fingerprint density at radius 3 is 2.09 bits per heavy atom. The van der Waals surface area contributed by atoms with Gasteiger partial charge < -0.3 is 19.3 Å². The highest BCUT2D eigenvalue weighted by molar-refractivity contribution is 7.80. The molecule has 6 nitrogen and oxygen atoms in total. The summed E-state index contributed by atoms with van der Waals surface area (Å²) in [6.45, 7) is 4.03. The first kappa shape index (κ1) is 22.6. The summed E-state index contributed by atoms with van der Waals surface area (Å²) in [4.78, 5) is 17.1. The Kier molecular flexibility index (Phi) is 7.76. The van der Waals surface area contributed by atoms with Crippen LogP contribution in [0.2, 0.25) is 0 Å². The number of rotatable bonds is 7. The van der Waals surface area contributed by atoms with Gasteiger partial charge in [-0.15, -0.1) is 0 Å². The topological polar surface area (TPSA) is 54.0 Å². The van der Waals surface area contributed by atoms with E-state index in [1.165, 1.54) is 5.69 Å². The Morgan fingerprint density at radius 2 is 1.39 bits per heavy atom. The van der Waals surface area contributed by atoms with E-state index in [1.807, 2.05) is 59.5 Å². The van der Waals surface area contributed by atoms with E-state index in [2.05, 4.69) is 22.3 Å². The van der Waals surface area contributed by atoms with Gasteiger partial charge in [-0.3, -0.25) is 10.1 Å². The number of carbonyl (C=O) groups excluding carboxylic acids is 1. The molecule has 1 heterocycles. The molecule has 1 aliphatic rings. The first-order valence-electron chi connectivity index (χ1n) is 11.0. The second-order valence-corrected chi connectivity index (χ2v) is 7.99. The maximum atomic E-state index is 12.7. The number of carbonyl (C=O) groups is 1. The number of para-hydroxylation sites is 2. The van der Waals surface area contributed by atoms with Crippen LogP contribution in [0.15, 0.2) is 84.9 Å². The van der Waals surface area contributed by atoms with Gasteiger partial charge in [-0.1, -0.05) is 42.5 Å². The number of hydrogen-bond donors (Lipinski definition) is 1. The summed E-state index contributed by atoms with van der Waals surface area (Å²) in [6.07, 6.45) is 0. The highest BCUT2D eigenvalue weighted by atomic mass is 32.1. The van der Waals surface area contributed by atoms with Crippen molar-refractivity contribution < 1.29 is 14.3 Å². The summed E-state index contributed by atoms with van der Waals surface area (Å²) in [5.41, 5.74) is 1.71. The average molecular weight is 462 g/mol. The SMILES string of the molecule is O=C(NC(=S)N1CCN(c2ccccc2)CC1)c1cccc(OCCOc2ccccc2)c1. The van der Waals surface area contributed by atoms with Crippen LogP contribution in [-0.2, 0) is 0 Å². The van der Waals surface area contributed by atoms with E-state index in [1.54, 1.807) is 18.2 Å². The van der Waals surface area contributed by atoms with Crippen molar-refractivity contribution in [2.45, 2.75) is 0 Å². The van der Waals surface area contributed by atoms with Crippen LogP contribution in [0.25, 0.3) is 0 Å². The van der Waals surface area contributed by atoms with Crippen LogP contribution in [0, 0.1) is 0 Å². The van der Waals surface area contributed by atoms with Crippen LogP contribution in [0.3, 0.4) is 0 Å². The molecule has 33 heavy (non-hydrogen) atoms. The Balaban J connectivity index is 1.23. The normalized spacial score (nSPS) is 13.3. The predicted octanol–water partition coefficient (Wildman–Crippen LogP) is 3.98. The van der Waals surface area contributed by atoms with Crippen LogP contribution in [0.1, 0.15) is 10.4 Å². The van der Waals surface area contributed by atoms with E-state index in [-0.39, 0.29) is 5.91 Å². The molecular weight excluding hydrogens is 434 g/mol. The van der Waals surface area contributed by atoms with Gasteiger partial charge in [-0.2, -0.15) is 0 Å². The molecule has 1 amide bonds. The highest BCUT2D eigenvalue weighted by Gasteiger charge is 2.20. The lowest BCUT2D eigenvalue weighted by atomic mass is 10.2. The van der Waals surface area contributed by atoms with Crippen LogP contribution < -0.4 is 19.7 Å². The summed E-state index contributed by atoms with van der Waals surface area (Å²) in [5.74, 6) is 1.17. The second-order valence-electron chi connectivity index (χ2n) is 7.61. The van der Waals surface area contributed by atoms with Crippen LogP contribution >= 0.6 is 12.2 Å². The number of hydrogen-bond acceptors (Lipinski definition) is 5. The molecule has 0 spiro atoms. The smallest absolute Gasteiger partial charge is 0.257 e. The fourth-order valence-electron chi connectivity index (χ4n) is 3.62. The first-order valence-corrected chi connectivity index (χ1v) is 11.4. The van der Waals surface area contributed by atoms with E-state index in [0.717, 1.165) is 31.9 Å². The zero-order valence-electron chi connectivity index (χ0n) is 18.4. The number of thiocarbonyl (C=S) groups is 1. The van der Waals surface area contributed by atoms with Crippen molar-refractivity contribution in [1.29, 1.82) is 0 Å². The van der Waals surface area contributed by atoms with Gasteiger partial charge in [0.2, 0.25) is 0 Å². The van der Waals surface area contributed by atoms with Crippen molar-refractivity contribution in [3.63, 3.8) is 0 Å². The average Bonchev–Trinajstić information content (AvgIpc) is 2.88. The lowest BCUT2D eigenvalue weighted by molar-refractivity contribution is 0.0972. The second kappa shape index (κ2) is 11.3. The van der Waals surface area contributed by atoms with E-state index in [0.29, 0.717) is 29.6 Å². The van der Waals surface area contributed by atoms with Crippen molar-refractivity contribution >= 4 is 28.9 Å². The van der Waals surface area contributed by atoms with E-state index < -0.39 is 0 Å². The molecule has 1 N–H and O–H groups in total. The minimum absolute atomic E-state index is 0.239. The van der Waals surface area contributed by atoms with Crippen molar-refractivity contribution in [2.75, 3.05) is 44.3 Å². The quantitative estimate of drug-likeness (QED) is 0.424. The predicted molar refractivity (Wildman–Crippen MR) is 134 cm³/mol. The van der Waals surface area contributed by atoms with Gasteiger partial charge in [0.25, 0.3) is 5.91 Å². The molecule has 7 heteroatoms. The third-order valence-electron chi connectivity index (χ3n) is 5.37. The molecule has 0 atom stereocenters.